The Balaban J connectivity index is 1.46. The van der Waals surface area contributed by atoms with Crippen LogP contribution in [0.3, 0.4) is 0 Å². The molecular formula is C21H21N3O5S. The molecule has 8 nitrogen and oxygen atoms in total. The third-order valence-corrected chi connectivity index (χ3v) is 5.82. The fourth-order valence-corrected chi connectivity index (χ4v) is 4.22. The number of fused-ring (bicyclic) bond motifs is 1. The fourth-order valence-electron chi connectivity index (χ4n) is 3.47. The molecule has 1 aliphatic heterocycles. The first kappa shape index (κ1) is 20.2. The molecule has 0 radical (unpaired) electrons. The van der Waals surface area contributed by atoms with E-state index in [0.717, 1.165) is 11.8 Å². The number of ketones is 2. The zero-order valence-corrected chi connectivity index (χ0v) is 17.8. The Bertz CT molecular complexity index is 1120. The van der Waals surface area contributed by atoms with Gasteiger partial charge in [0.25, 0.3) is 11.1 Å². The molecule has 9 heteroatoms. The summed E-state index contributed by atoms with van der Waals surface area (Å²) in [4.78, 5) is 27.8. The van der Waals surface area contributed by atoms with Gasteiger partial charge in [-0.05, 0) is 45.4 Å². The van der Waals surface area contributed by atoms with Gasteiger partial charge in [-0.3, -0.25) is 9.59 Å². The number of aryl methyl sites for hydroxylation is 1. The van der Waals surface area contributed by atoms with Crippen molar-refractivity contribution < 1.29 is 23.5 Å². The van der Waals surface area contributed by atoms with Crippen LogP contribution in [0.15, 0.2) is 33.9 Å². The molecule has 4 rings (SSSR count). The van der Waals surface area contributed by atoms with E-state index in [1.165, 1.54) is 6.92 Å². The van der Waals surface area contributed by atoms with E-state index < -0.39 is 11.4 Å². The molecule has 1 N–H and O–H groups in total. The maximum absolute atomic E-state index is 12.9. The summed E-state index contributed by atoms with van der Waals surface area (Å²) in [6.45, 7) is 7.06. The molecule has 1 aromatic carbocycles. The van der Waals surface area contributed by atoms with Crippen molar-refractivity contribution >= 4 is 23.3 Å². The van der Waals surface area contributed by atoms with Crippen LogP contribution in [0.1, 0.15) is 57.9 Å². The highest BCUT2D eigenvalue weighted by molar-refractivity contribution is 8.00. The van der Waals surface area contributed by atoms with Gasteiger partial charge in [-0.15, -0.1) is 10.2 Å². The molecule has 3 aromatic rings. The molecule has 2 aromatic heterocycles. The van der Waals surface area contributed by atoms with Gasteiger partial charge in [0.1, 0.15) is 6.61 Å². The van der Waals surface area contributed by atoms with Crippen LogP contribution in [0.4, 0.5) is 0 Å². The second-order valence-electron chi connectivity index (χ2n) is 7.08. The van der Waals surface area contributed by atoms with Crippen molar-refractivity contribution in [3.63, 3.8) is 0 Å². The molecule has 0 spiro atoms. The van der Waals surface area contributed by atoms with Gasteiger partial charge in [-0.2, -0.15) is 0 Å². The summed E-state index contributed by atoms with van der Waals surface area (Å²) in [7, 11) is 0. The zero-order valence-electron chi connectivity index (χ0n) is 17.0. The normalized spacial score (nSPS) is 16.3. The maximum Gasteiger partial charge on any atom is 0.277 e. The first-order valence-electron chi connectivity index (χ1n) is 9.48. The Morgan fingerprint density at radius 2 is 1.93 bits per heavy atom. The van der Waals surface area contributed by atoms with Crippen molar-refractivity contribution in [2.75, 3.05) is 6.61 Å². The van der Waals surface area contributed by atoms with Gasteiger partial charge >= 0.3 is 0 Å². The lowest BCUT2D eigenvalue weighted by atomic mass is 10.0. The Hall–Kier alpha value is -3.07. The molecule has 0 fully saturated rings. The molecule has 2 atom stereocenters. The van der Waals surface area contributed by atoms with Crippen LogP contribution in [0.2, 0.25) is 0 Å². The predicted molar refractivity (Wildman–Crippen MR) is 110 cm³/mol. The highest BCUT2D eigenvalue weighted by Crippen LogP contribution is 2.36. The molecular weight excluding hydrogens is 406 g/mol. The third-order valence-electron chi connectivity index (χ3n) is 4.89. The van der Waals surface area contributed by atoms with E-state index in [9.17, 15) is 9.59 Å². The van der Waals surface area contributed by atoms with Gasteiger partial charge in [-0.1, -0.05) is 23.9 Å². The van der Waals surface area contributed by atoms with Crippen molar-refractivity contribution in [2.45, 2.75) is 44.3 Å². The number of para-hydroxylation sites is 2. The number of H-pyrrole nitrogens is 1. The first-order valence-corrected chi connectivity index (χ1v) is 10.4. The summed E-state index contributed by atoms with van der Waals surface area (Å²) < 4.78 is 17.3. The second kappa shape index (κ2) is 7.98. The number of thioether (sulfide) groups is 1. The van der Waals surface area contributed by atoms with E-state index in [1.54, 1.807) is 20.8 Å². The number of hydrogen-bond acceptors (Lipinski definition) is 8. The van der Waals surface area contributed by atoms with Gasteiger partial charge in [0.05, 0.1) is 10.9 Å². The number of ether oxygens (including phenoxy) is 2. The minimum atomic E-state index is -0.515. The van der Waals surface area contributed by atoms with Gasteiger partial charge in [0, 0.05) is 11.3 Å². The molecule has 3 heterocycles. The first-order chi connectivity index (χ1) is 14.3. The standard InChI is InChI=1S/C21H21N3O5S/c1-10-17(12(3)25)11(2)22-18(10)19(26)13(4)30-21-24-23-20(29-21)16-9-27-14-7-5-6-8-15(14)28-16/h5-8,13,16,22H,9H2,1-4H3. The van der Waals surface area contributed by atoms with Crippen LogP contribution in [0, 0.1) is 13.8 Å². The summed E-state index contributed by atoms with van der Waals surface area (Å²) in [6.07, 6.45) is -0.515. The van der Waals surface area contributed by atoms with Crippen LogP contribution in [-0.4, -0.2) is 38.6 Å². The van der Waals surface area contributed by atoms with Crippen molar-refractivity contribution in [1.29, 1.82) is 0 Å². The van der Waals surface area contributed by atoms with E-state index in [4.69, 9.17) is 13.9 Å². The van der Waals surface area contributed by atoms with E-state index in [0.29, 0.717) is 34.0 Å². The quantitative estimate of drug-likeness (QED) is 0.463. The third kappa shape index (κ3) is 3.72. The number of aromatic nitrogens is 3. The SMILES string of the molecule is CC(=O)c1c(C)[nH]c(C(=O)C(C)Sc2nnc(C3COc4ccccc4O3)o2)c1C. The van der Waals surface area contributed by atoms with Gasteiger partial charge < -0.3 is 18.9 Å². The van der Waals surface area contributed by atoms with Crippen LogP contribution >= 0.6 is 11.8 Å². The monoisotopic (exact) mass is 427 g/mol. The lowest BCUT2D eigenvalue weighted by Crippen LogP contribution is -2.21. The van der Waals surface area contributed by atoms with E-state index in [1.807, 2.05) is 24.3 Å². The number of nitrogens with one attached hydrogen (secondary N) is 1. The average molecular weight is 427 g/mol. The summed E-state index contributed by atoms with van der Waals surface area (Å²) >= 11 is 1.16. The number of carbonyl (C=O) groups excluding carboxylic acids is 2. The molecule has 0 aliphatic carbocycles. The fraction of sp³-hybridized carbons (Fsp3) is 0.333. The Kier molecular flexibility index (Phi) is 5.38. The summed E-state index contributed by atoms with van der Waals surface area (Å²) in [5.74, 6) is 1.36. The molecule has 1 aliphatic rings. The van der Waals surface area contributed by atoms with Crippen LogP contribution in [0.5, 0.6) is 11.5 Å². The van der Waals surface area contributed by atoms with E-state index >= 15 is 0 Å². The Labute approximate surface area is 177 Å². The number of rotatable bonds is 6. The molecule has 156 valence electrons. The van der Waals surface area contributed by atoms with Crippen LogP contribution in [-0.2, 0) is 0 Å². The smallest absolute Gasteiger partial charge is 0.277 e. The number of Topliss-reactive ketones (excluding diaryl/α,β-unsaturated/α-hetero) is 2. The molecule has 2 unspecified atom stereocenters. The number of aromatic amines is 1. The Morgan fingerprint density at radius 1 is 1.20 bits per heavy atom. The molecule has 0 saturated heterocycles. The highest BCUT2D eigenvalue weighted by atomic mass is 32.2. The van der Waals surface area contributed by atoms with Crippen molar-refractivity contribution in [2.24, 2.45) is 0 Å². The number of carbonyl (C=O) groups is 2. The topological polar surface area (TPSA) is 107 Å². The molecule has 0 saturated carbocycles. The number of benzene rings is 1. The molecule has 0 amide bonds. The van der Waals surface area contributed by atoms with Crippen molar-refractivity contribution in [3.8, 4) is 11.5 Å². The van der Waals surface area contributed by atoms with Gasteiger partial charge in [0.2, 0.25) is 6.10 Å². The van der Waals surface area contributed by atoms with E-state index in [2.05, 4.69) is 15.2 Å². The summed E-state index contributed by atoms with van der Waals surface area (Å²) in [6, 6.07) is 7.36. The minimum Gasteiger partial charge on any atom is -0.485 e. The van der Waals surface area contributed by atoms with E-state index in [-0.39, 0.29) is 29.3 Å². The largest absolute Gasteiger partial charge is 0.485 e. The highest BCUT2D eigenvalue weighted by Gasteiger charge is 2.29. The predicted octanol–water partition coefficient (Wildman–Crippen LogP) is 4.09. The van der Waals surface area contributed by atoms with Crippen molar-refractivity contribution in [1.82, 2.24) is 15.2 Å². The van der Waals surface area contributed by atoms with Crippen molar-refractivity contribution in [3.05, 3.63) is 52.7 Å². The zero-order chi connectivity index (χ0) is 21.4. The molecule has 30 heavy (non-hydrogen) atoms. The summed E-state index contributed by atoms with van der Waals surface area (Å²) in [5, 5.41) is 7.86. The minimum absolute atomic E-state index is 0.0709. The van der Waals surface area contributed by atoms with Crippen LogP contribution in [0.25, 0.3) is 0 Å². The Morgan fingerprint density at radius 3 is 2.63 bits per heavy atom. The lowest BCUT2D eigenvalue weighted by Gasteiger charge is -2.23. The average Bonchev–Trinajstić information content (AvgIpc) is 3.30. The second-order valence-corrected chi connectivity index (χ2v) is 8.37. The maximum atomic E-state index is 12.9. The summed E-state index contributed by atoms with van der Waals surface area (Å²) in [5.41, 5.74) is 2.34. The molecule has 0 bridgehead atoms. The van der Waals surface area contributed by atoms with Crippen LogP contribution < -0.4 is 9.47 Å². The number of nitrogens with zero attached hydrogens (tertiary/aromatic N) is 2. The van der Waals surface area contributed by atoms with Gasteiger partial charge in [0.15, 0.2) is 23.1 Å². The lowest BCUT2D eigenvalue weighted by molar-refractivity contribution is 0.0686. The van der Waals surface area contributed by atoms with Gasteiger partial charge in [-0.25, -0.2) is 0 Å². The number of hydrogen-bond donors (Lipinski definition) is 1.